The Kier molecular flexibility index (Phi) is 4.80. The molecular weight excluding hydrogens is 276 g/mol. The molecule has 0 amide bonds. The summed E-state index contributed by atoms with van der Waals surface area (Å²) in [7, 11) is -3.17. The van der Waals surface area contributed by atoms with E-state index >= 15 is 0 Å². The molecule has 0 radical (unpaired) electrons. The Morgan fingerprint density at radius 2 is 2.15 bits per heavy atom. The molecule has 1 N–H and O–H groups in total. The normalized spacial score (nSPS) is 19.3. The third-order valence-corrected chi connectivity index (χ3v) is 5.12. The number of aryl methyl sites for hydroxylation is 1. The van der Waals surface area contributed by atoms with Crippen LogP contribution < -0.4 is 4.72 Å². The predicted octanol–water partition coefficient (Wildman–Crippen LogP) is 1.44. The Bertz CT molecular complexity index is 551. The van der Waals surface area contributed by atoms with Gasteiger partial charge in [-0.25, -0.2) is 13.1 Å². The second kappa shape index (κ2) is 6.22. The van der Waals surface area contributed by atoms with E-state index in [2.05, 4.69) is 33.3 Å². The van der Waals surface area contributed by atoms with Crippen LogP contribution in [0.25, 0.3) is 0 Å². The number of hydrogen-bond acceptors (Lipinski definition) is 4. The second-order valence-electron chi connectivity index (χ2n) is 5.77. The Morgan fingerprint density at radius 3 is 2.80 bits per heavy atom. The van der Waals surface area contributed by atoms with Crippen LogP contribution in [0.1, 0.15) is 57.6 Å². The molecule has 0 aromatic carbocycles. The molecule has 0 fully saturated rings. The standard InChI is InChI=1S/C13H24N4O2S/c1-4-5-8-20(18,19)16-11-6-7-12-14-15-13(10(2)3)17(12)9-11/h10-11,16H,4-9H2,1-3H3. The van der Waals surface area contributed by atoms with Gasteiger partial charge in [-0.05, 0) is 12.8 Å². The Balaban J connectivity index is 2.05. The summed E-state index contributed by atoms with van der Waals surface area (Å²) in [5.74, 6) is 2.42. The summed E-state index contributed by atoms with van der Waals surface area (Å²) in [6.45, 7) is 6.79. The summed E-state index contributed by atoms with van der Waals surface area (Å²) in [4.78, 5) is 0. The summed E-state index contributed by atoms with van der Waals surface area (Å²) in [6, 6.07) is -0.0437. The molecule has 114 valence electrons. The van der Waals surface area contributed by atoms with Crippen LogP contribution in [0.4, 0.5) is 0 Å². The number of hydrogen-bond donors (Lipinski definition) is 1. The van der Waals surface area contributed by atoms with E-state index in [0.717, 1.165) is 30.9 Å². The van der Waals surface area contributed by atoms with Gasteiger partial charge in [-0.1, -0.05) is 27.2 Å². The fourth-order valence-electron chi connectivity index (χ4n) is 2.52. The summed E-state index contributed by atoms with van der Waals surface area (Å²) in [5, 5.41) is 8.41. The van der Waals surface area contributed by atoms with Crippen LogP contribution in [0.2, 0.25) is 0 Å². The molecule has 0 bridgehead atoms. The van der Waals surface area contributed by atoms with E-state index in [1.54, 1.807) is 0 Å². The van der Waals surface area contributed by atoms with E-state index in [9.17, 15) is 8.42 Å². The minimum absolute atomic E-state index is 0.0437. The molecular formula is C13H24N4O2S. The van der Waals surface area contributed by atoms with Gasteiger partial charge in [0.1, 0.15) is 11.6 Å². The van der Waals surface area contributed by atoms with E-state index < -0.39 is 10.0 Å². The molecule has 7 heteroatoms. The molecule has 2 heterocycles. The number of rotatable bonds is 6. The first kappa shape index (κ1) is 15.4. The zero-order valence-electron chi connectivity index (χ0n) is 12.5. The molecule has 2 rings (SSSR count). The lowest BCUT2D eigenvalue weighted by Gasteiger charge is -2.25. The second-order valence-corrected chi connectivity index (χ2v) is 7.64. The lowest BCUT2D eigenvalue weighted by Crippen LogP contribution is -2.42. The van der Waals surface area contributed by atoms with Crippen molar-refractivity contribution in [1.29, 1.82) is 0 Å². The molecule has 1 aromatic rings. The first-order valence-corrected chi connectivity index (χ1v) is 9.00. The van der Waals surface area contributed by atoms with Gasteiger partial charge in [0.25, 0.3) is 0 Å². The van der Waals surface area contributed by atoms with Crippen molar-refractivity contribution in [1.82, 2.24) is 19.5 Å². The van der Waals surface area contributed by atoms with E-state index in [-0.39, 0.29) is 11.8 Å². The van der Waals surface area contributed by atoms with Crippen LogP contribution in [-0.4, -0.2) is 35.0 Å². The van der Waals surface area contributed by atoms with Gasteiger partial charge in [-0.15, -0.1) is 10.2 Å². The highest BCUT2D eigenvalue weighted by molar-refractivity contribution is 7.89. The third-order valence-electron chi connectivity index (χ3n) is 3.60. The molecule has 20 heavy (non-hydrogen) atoms. The van der Waals surface area contributed by atoms with Gasteiger partial charge in [0.15, 0.2) is 0 Å². The Labute approximate surface area is 121 Å². The minimum atomic E-state index is -3.17. The van der Waals surface area contributed by atoms with Gasteiger partial charge >= 0.3 is 0 Å². The van der Waals surface area contributed by atoms with Gasteiger partial charge < -0.3 is 4.57 Å². The van der Waals surface area contributed by atoms with Crippen molar-refractivity contribution in [3.63, 3.8) is 0 Å². The number of nitrogens with one attached hydrogen (secondary N) is 1. The molecule has 6 nitrogen and oxygen atoms in total. The molecule has 1 atom stereocenters. The molecule has 1 aliphatic heterocycles. The van der Waals surface area contributed by atoms with Gasteiger partial charge in [0.05, 0.1) is 5.75 Å². The van der Waals surface area contributed by atoms with Crippen molar-refractivity contribution >= 4 is 10.0 Å². The van der Waals surface area contributed by atoms with Crippen LogP contribution in [0.15, 0.2) is 0 Å². The minimum Gasteiger partial charge on any atom is -0.313 e. The van der Waals surface area contributed by atoms with Gasteiger partial charge in [0, 0.05) is 24.9 Å². The monoisotopic (exact) mass is 300 g/mol. The van der Waals surface area contributed by atoms with Crippen LogP contribution in [0.3, 0.4) is 0 Å². The number of sulfonamides is 1. The number of unbranched alkanes of at least 4 members (excludes halogenated alkanes) is 1. The summed E-state index contributed by atoms with van der Waals surface area (Å²) in [5.41, 5.74) is 0. The smallest absolute Gasteiger partial charge is 0.211 e. The highest BCUT2D eigenvalue weighted by Gasteiger charge is 2.26. The summed E-state index contributed by atoms with van der Waals surface area (Å²) < 4.78 is 28.8. The average Bonchev–Trinajstić information content (AvgIpc) is 2.79. The average molecular weight is 300 g/mol. The number of aromatic nitrogens is 3. The van der Waals surface area contributed by atoms with Crippen molar-refractivity contribution in [2.75, 3.05) is 5.75 Å². The highest BCUT2D eigenvalue weighted by Crippen LogP contribution is 2.20. The Morgan fingerprint density at radius 1 is 1.40 bits per heavy atom. The zero-order chi connectivity index (χ0) is 14.8. The third kappa shape index (κ3) is 3.58. The first-order valence-electron chi connectivity index (χ1n) is 7.35. The molecule has 0 spiro atoms. The van der Waals surface area contributed by atoms with Crippen molar-refractivity contribution in [2.24, 2.45) is 0 Å². The summed E-state index contributed by atoms with van der Waals surface area (Å²) >= 11 is 0. The largest absolute Gasteiger partial charge is 0.313 e. The molecule has 0 aliphatic carbocycles. The SMILES string of the molecule is CCCCS(=O)(=O)NC1CCc2nnc(C(C)C)n2C1. The van der Waals surface area contributed by atoms with Crippen LogP contribution in [-0.2, 0) is 23.0 Å². The zero-order valence-corrected chi connectivity index (χ0v) is 13.3. The predicted molar refractivity (Wildman–Crippen MR) is 78.1 cm³/mol. The van der Waals surface area contributed by atoms with E-state index in [1.807, 2.05) is 6.92 Å². The Hall–Kier alpha value is -0.950. The lowest BCUT2D eigenvalue weighted by molar-refractivity contribution is 0.409. The van der Waals surface area contributed by atoms with Gasteiger partial charge in [-0.3, -0.25) is 0 Å². The van der Waals surface area contributed by atoms with E-state index in [0.29, 0.717) is 18.9 Å². The van der Waals surface area contributed by atoms with Gasteiger partial charge in [-0.2, -0.15) is 0 Å². The van der Waals surface area contributed by atoms with Crippen LogP contribution in [0, 0.1) is 0 Å². The fourth-order valence-corrected chi connectivity index (χ4v) is 4.01. The topological polar surface area (TPSA) is 76.9 Å². The van der Waals surface area contributed by atoms with Crippen molar-refractivity contribution < 1.29 is 8.42 Å². The van der Waals surface area contributed by atoms with Crippen molar-refractivity contribution in [3.05, 3.63) is 11.6 Å². The van der Waals surface area contributed by atoms with Crippen molar-refractivity contribution in [2.45, 2.75) is 65.0 Å². The maximum atomic E-state index is 12.0. The molecule has 1 aromatic heterocycles. The highest BCUT2D eigenvalue weighted by atomic mass is 32.2. The summed E-state index contributed by atoms with van der Waals surface area (Å²) in [6.07, 6.45) is 3.16. The maximum Gasteiger partial charge on any atom is 0.211 e. The van der Waals surface area contributed by atoms with Crippen molar-refractivity contribution in [3.8, 4) is 0 Å². The van der Waals surface area contributed by atoms with Gasteiger partial charge in [0.2, 0.25) is 10.0 Å². The van der Waals surface area contributed by atoms with E-state index in [1.165, 1.54) is 0 Å². The maximum absolute atomic E-state index is 12.0. The number of fused-ring (bicyclic) bond motifs is 1. The molecule has 0 saturated heterocycles. The fraction of sp³-hybridized carbons (Fsp3) is 0.846. The van der Waals surface area contributed by atoms with Crippen LogP contribution >= 0.6 is 0 Å². The molecule has 1 unspecified atom stereocenters. The quantitative estimate of drug-likeness (QED) is 0.862. The van der Waals surface area contributed by atoms with Crippen LogP contribution in [0.5, 0.6) is 0 Å². The molecule has 1 aliphatic rings. The van der Waals surface area contributed by atoms with E-state index in [4.69, 9.17) is 0 Å². The lowest BCUT2D eigenvalue weighted by atomic mass is 10.1. The number of nitrogens with zero attached hydrogens (tertiary/aromatic N) is 3. The first-order chi connectivity index (χ1) is 9.43. The molecule has 0 saturated carbocycles.